The Morgan fingerprint density at radius 3 is 2.25 bits per heavy atom. The first kappa shape index (κ1) is 21.5. The highest BCUT2D eigenvalue weighted by Gasteiger charge is 2.20. The number of amides is 2. The van der Waals surface area contributed by atoms with E-state index in [0.29, 0.717) is 29.5 Å². The molecular formula is C23H30N2O3. The molecule has 5 nitrogen and oxygen atoms in total. The van der Waals surface area contributed by atoms with Crippen molar-refractivity contribution < 1.29 is 14.3 Å². The van der Waals surface area contributed by atoms with Crippen LogP contribution in [-0.4, -0.2) is 24.5 Å². The molecule has 2 aromatic carbocycles. The van der Waals surface area contributed by atoms with E-state index in [1.165, 1.54) is 0 Å². The van der Waals surface area contributed by atoms with Crippen LogP contribution in [0.4, 0.5) is 5.69 Å². The third-order valence-electron chi connectivity index (χ3n) is 4.31. The van der Waals surface area contributed by atoms with E-state index in [-0.39, 0.29) is 17.7 Å². The van der Waals surface area contributed by atoms with Crippen molar-refractivity contribution in [3.63, 3.8) is 0 Å². The molecule has 0 saturated carbocycles. The van der Waals surface area contributed by atoms with Crippen molar-refractivity contribution in [2.24, 2.45) is 5.92 Å². The normalized spacial score (nSPS) is 12.0. The Kier molecular flexibility index (Phi) is 7.61. The van der Waals surface area contributed by atoms with E-state index in [0.717, 1.165) is 5.56 Å². The van der Waals surface area contributed by atoms with Gasteiger partial charge >= 0.3 is 0 Å². The summed E-state index contributed by atoms with van der Waals surface area (Å²) in [7, 11) is 0. The molecule has 0 fully saturated rings. The van der Waals surface area contributed by atoms with Gasteiger partial charge in [0.15, 0.2) is 6.10 Å². The van der Waals surface area contributed by atoms with Gasteiger partial charge in [-0.05, 0) is 42.5 Å². The molecule has 150 valence electrons. The molecule has 1 unspecified atom stereocenters. The van der Waals surface area contributed by atoms with Crippen LogP contribution in [-0.2, 0) is 4.79 Å². The summed E-state index contributed by atoms with van der Waals surface area (Å²) in [5.41, 5.74) is 1.96. The van der Waals surface area contributed by atoms with Crippen molar-refractivity contribution in [3.05, 3.63) is 59.7 Å². The fourth-order valence-corrected chi connectivity index (χ4v) is 2.73. The molecule has 0 aromatic heterocycles. The first-order valence-electron chi connectivity index (χ1n) is 9.73. The molecular weight excluding hydrogens is 352 g/mol. The molecule has 0 aliphatic carbocycles. The average Bonchev–Trinajstić information content (AvgIpc) is 2.66. The summed E-state index contributed by atoms with van der Waals surface area (Å²) in [5, 5.41) is 5.70. The summed E-state index contributed by atoms with van der Waals surface area (Å²) in [4.78, 5) is 25.1. The van der Waals surface area contributed by atoms with Gasteiger partial charge in [0.25, 0.3) is 11.8 Å². The lowest BCUT2D eigenvalue weighted by atomic mass is 10.0. The van der Waals surface area contributed by atoms with E-state index in [1.54, 1.807) is 31.2 Å². The minimum atomic E-state index is -0.702. The highest BCUT2D eigenvalue weighted by Crippen LogP contribution is 2.27. The van der Waals surface area contributed by atoms with E-state index in [9.17, 15) is 9.59 Å². The molecule has 2 N–H and O–H groups in total. The summed E-state index contributed by atoms with van der Waals surface area (Å²) >= 11 is 0. The standard InChI is InChI=1S/C23H30N2O3/c1-15(2)14-24-23(27)19-11-6-8-12-20(19)25-22(26)17(5)28-21-13-9-7-10-18(21)16(3)4/h6-13,15-17H,14H2,1-5H3,(H,24,27)(H,25,26). The highest BCUT2D eigenvalue weighted by atomic mass is 16.5. The maximum absolute atomic E-state index is 12.7. The number of rotatable bonds is 8. The molecule has 0 radical (unpaired) electrons. The maximum Gasteiger partial charge on any atom is 0.265 e. The molecule has 2 amide bonds. The van der Waals surface area contributed by atoms with Crippen LogP contribution in [0.3, 0.4) is 0 Å². The van der Waals surface area contributed by atoms with Crippen LogP contribution < -0.4 is 15.4 Å². The summed E-state index contributed by atoms with van der Waals surface area (Å²) < 4.78 is 5.91. The average molecular weight is 383 g/mol. The zero-order valence-corrected chi connectivity index (χ0v) is 17.3. The molecule has 0 saturated heterocycles. The Hall–Kier alpha value is -2.82. The fraction of sp³-hybridized carbons (Fsp3) is 0.391. The lowest BCUT2D eigenvalue weighted by Gasteiger charge is -2.19. The van der Waals surface area contributed by atoms with Crippen LogP contribution in [0.15, 0.2) is 48.5 Å². The van der Waals surface area contributed by atoms with Crippen molar-refractivity contribution in [2.45, 2.75) is 46.6 Å². The van der Waals surface area contributed by atoms with Crippen LogP contribution in [0, 0.1) is 5.92 Å². The first-order valence-corrected chi connectivity index (χ1v) is 9.73. The zero-order valence-electron chi connectivity index (χ0n) is 17.3. The van der Waals surface area contributed by atoms with Crippen LogP contribution in [0.25, 0.3) is 0 Å². The number of hydrogen-bond donors (Lipinski definition) is 2. The Balaban J connectivity index is 2.10. The number of para-hydroxylation sites is 2. The molecule has 5 heteroatoms. The largest absolute Gasteiger partial charge is 0.481 e. The van der Waals surface area contributed by atoms with Gasteiger partial charge in [-0.15, -0.1) is 0 Å². The summed E-state index contributed by atoms with van der Waals surface area (Å²) in [6.45, 7) is 10.5. The van der Waals surface area contributed by atoms with E-state index < -0.39 is 6.10 Å². The van der Waals surface area contributed by atoms with E-state index >= 15 is 0 Å². The minimum absolute atomic E-state index is 0.205. The lowest BCUT2D eigenvalue weighted by molar-refractivity contribution is -0.122. The third kappa shape index (κ3) is 5.84. The van der Waals surface area contributed by atoms with Gasteiger partial charge < -0.3 is 15.4 Å². The van der Waals surface area contributed by atoms with Crippen molar-refractivity contribution in [1.29, 1.82) is 0 Å². The number of benzene rings is 2. The summed E-state index contributed by atoms with van der Waals surface area (Å²) in [6, 6.07) is 14.7. The Morgan fingerprint density at radius 2 is 1.57 bits per heavy atom. The van der Waals surface area contributed by atoms with Crippen molar-refractivity contribution in [3.8, 4) is 5.75 Å². The second-order valence-electron chi connectivity index (χ2n) is 7.59. The van der Waals surface area contributed by atoms with Gasteiger partial charge in [0.05, 0.1) is 11.3 Å². The number of carbonyl (C=O) groups excluding carboxylic acids is 2. The Bertz CT molecular complexity index is 815. The molecule has 0 aliphatic rings. The predicted octanol–water partition coefficient (Wildman–Crippen LogP) is 4.60. The molecule has 28 heavy (non-hydrogen) atoms. The first-order chi connectivity index (χ1) is 13.3. The van der Waals surface area contributed by atoms with Crippen LogP contribution in [0.5, 0.6) is 5.75 Å². The second-order valence-corrected chi connectivity index (χ2v) is 7.59. The maximum atomic E-state index is 12.7. The molecule has 0 spiro atoms. The van der Waals surface area contributed by atoms with E-state index in [4.69, 9.17) is 4.74 Å². The molecule has 0 aliphatic heterocycles. The molecule has 2 rings (SSSR count). The number of ether oxygens (including phenoxy) is 1. The predicted molar refractivity (Wildman–Crippen MR) is 113 cm³/mol. The summed E-state index contributed by atoms with van der Waals surface area (Å²) in [6.07, 6.45) is -0.702. The third-order valence-corrected chi connectivity index (χ3v) is 4.31. The minimum Gasteiger partial charge on any atom is -0.481 e. The van der Waals surface area contributed by atoms with Gasteiger partial charge in [0.1, 0.15) is 5.75 Å². The number of anilines is 1. The van der Waals surface area contributed by atoms with Gasteiger partial charge in [0.2, 0.25) is 0 Å². The highest BCUT2D eigenvalue weighted by molar-refractivity contribution is 6.04. The van der Waals surface area contributed by atoms with Crippen molar-refractivity contribution in [1.82, 2.24) is 5.32 Å². The Labute approximate surface area is 167 Å². The van der Waals surface area contributed by atoms with Crippen LogP contribution in [0.2, 0.25) is 0 Å². The van der Waals surface area contributed by atoms with E-state index in [1.807, 2.05) is 38.1 Å². The lowest BCUT2D eigenvalue weighted by Crippen LogP contribution is -2.32. The second kappa shape index (κ2) is 9.93. The quantitative estimate of drug-likeness (QED) is 0.701. The summed E-state index contributed by atoms with van der Waals surface area (Å²) in [5.74, 6) is 0.825. The molecule has 1 atom stereocenters. The molecule has 2 aromatic rings. The SMILES string of the molecule is CC(C)CNC(=O)c1ccccc1NC(=O)C(C)Oc1ccccc1C(C)C. The molecule has 0 bridgehead atoms. The molecule has 0 heterocycles. The van der Waals surface area contributed by atoms with Crippen molar-refractivity contribution in [2.75, 3.05) is 11.9 Å². The van der Waals surface area contributed by atoms with Gasteiger partial charge in [-0.25, -0.2) is 0 Å². The van der Waals surface area contributed by atoms with E-state index in [2.05, 4.69) is 24.5 Å². The van der Waals surface area contributed by atoms with Crippen LogP contribution >= 0.6 is 0 Å². The Morgan fingerprint density at radius 1 is 0.929 bits per heavy atom. The number of nitrogens with one attached hydrogen (secondary N) is 2. The van der Waals surface area contributed by atoms with Gasteiger partial charge in [0, 0.05) is 6.54 Å². The van der Waals surface area contributed by atoms with Crippen LogP contribution in [0.1, 0.15) is 56.5 Å². The topological polar surface area (TPSA) is 67.4 Å². The monoisotopic (exact) mass is 382 g/mol. The zero-order chi connectivity index (χ0) is 20.7. The van der Waals surface area contributed by atoms with Gasteiger partial charge in [-0.2, -0.15) is 0 Å². The number of hydrogen-bond acceptors (Lipinski definition) is 3. The fourth-order valence-electron chi connectivity index (χ4n) is 2.73. The smallest absolute Gasteiger partial charge is 0.265 e. The number of carbonyl (C=O) groups is 2. The van der Waals surface area contributed by atoms with Gasteiger partial charge in [-0.3, -0.25) is 9.59 Å². The van der Waals surface area contributed by atoms with Gasteiger partial charge in [-0.1, -0.05) is 58.0 Å². The van der Waals surface area contributed by atoms with Crippen molar-refractivity contribution >= 4 is 17.5 Å².